The Morgan fingerprint density at radius 1 is 1.29 bits per heavy atom. The van der Waals surface area contributed by atoms with Crippen LogP contribution in [0.25, 0.3) is 0 Å². The highest BCUT2D eigenvalue weighted by atomic mass is 16.3. The minimum atomic E-state index is -0.688. The van der Waals surface area contributed by atoms with Crippen LogP contribution in [0.1, 0.15) is 39.4 Å². The third-order valence-corrected chi connectivity index (χ3v) is 3.02. The molecule has 5 heteroatoms. The van der Waals surface area contributed by atoms with Gasteiger partial charge in [-0.05, 0) is 12.8 Å². The Bertz CT molecular complexity index is 364. The van der Waals surface area contributed by atoms with Crippen LogP contribution in [0.2, 0.25) is 0 Å². The van der Waals surface area contributed by atoms with E-state index in [0.717, 1.165) is 6.42 Å². The lowest BCUT2D eigenvalue weighted by Crippen LogP contribution is -2.35. The summed E-state index contributed by atoms with van der Waals surface area (Å²) in [6.45, 7) is 6.39. The molecule has 0 aliphatic carbocycles. The van der Waals surface area contributed by atoms with Gasteiger partial charge in [0.05, 0.1) is 5.60 Å². The molecule has 96 valence electrons. The average molecular weight is 238 g/mol. The van der Waals surface area contributed by atoms with Crippen molar-refractivity contribution in [1.29, 1.82) is 0 Å². The number of hydrogen-bond acceptors (Lipinski definition) is 5. The standard InChI is InChI=1S/C12H22N4O/c1-4-10-15-9(13)7-11(16-10)14-8-12(17,5-2)6-3/h7,17H,4-6,8H2,1-3H3,(H3,13,14,15,16). The maximum atomic E-state index is 10.1. The first-order chi connectivity index (χ1) is 8.03. The van der Waals surface area contributed by atoms with Gasteiger partial charge in [-0.1, -0.05) is 20.8 Å². The first kappa shape index (κ1) is 13.7. The Morgan fingerprint density at radius 3 is 2.47 bits per heavy atom. The zero-order valence-corrected chi connectivity index (χ0v) is 10.8. The Kier molecular flexibility index (Phi) is 4.69. The highest BCUT2D eigenvalue weighted by Gasteiger charge is 2.21. The fourth-order valence-electron chi connectivity index (χ4n) is 1.52. The van der Waals surface area contributed by atoms with Crippen LogP contribution in [0.15, 0.2) is 6.07 Å². The number of nitrogens with zero attached hydrogens (tertiary/aromatic N) is 2. The van der Waals surface area contributed by atoms with Gasteiger partial charge in [0.1, 0.15) is 17.5 Å². The first-order valence-electron chi connectivity index (χ1n) is 6.12. The number of aromatic nitrogens is 2. The average Bonchev–Trinajstić information content (AvgIpc) is 2.35. The second kappa shape index (κ2) is 5.82. The molecule has 1 aromatic heterocycles. The van der Waals surface area contributed by atoms with Crippen LogP contribution in [0.4, 0.5) is 11.6 Å². The number of rotatable bonds is 6. The molecule has 0 atom stereocenters. The zero-order chi connectivity index (χ0) is 12.9. The van der Waals surface area contributed by atoms with Crippen LogP contribution in [0.3, 0.4) is 0 Å². The van der Waals surface area contributed by atoms with Crippen LogP contribution in [0, 0.1) is 0 Å². The SMILES string of the molecule is CCc1nc(N)cc(NCC(O)(CC)CC)n1. The molecule has 1 rings (SSSR count). The van der Waals surface area contributed by atoms with E-state index in [1.807, 2.05) is 20.8 Å². The first-order valence-corrected chi connectivity index (χ1v) is 6.12. The summed E-state index contributed by atoms with van der Waals surface area (Å²) in [5.74, 6) is 1.84. The monoisotopic (exact) mass is 238 g/mol. The van der Waals surface area contributed by atoms with Crippen LogP contribution in [-0.2, 0) is 6.42 Å². The van der Waals surface area contributed by atoms with Crippen molar-refractivity contribution in [1.82, 2.24) is 9.97 Å². The minimum absolute atomic E-state index is 0.455. The summed E-state index contributed by atoms with van der Waals surface area (Å²) >= 11 is 0. The summed E-state index contributed by atoms with van der Waals surface area (Å²) in [6.07, 6.45) is 2.15. The van der Waals surface area contributed by atoms with Crippen molar-refractivity contribution in [2.24, 2.45) is 0 Å². The third kappa shape index (κ3) is 3.85. The largest absolute Gasteiger partial charge is 0.388 e. The molecule has 0 bridgehead atoms. The van der Waals surface area contributed by atoms with Crippen LogP contribution in [-0.4, -0.2) is 27.2 Å². The van der Waals surface area contributed by atoms with Crippen LogP contribution >= 0.6 is 0 Å². The van der Waals surface area contributed by atoms with E-state index in [2.05, 4.69) is 15.3 Å². The van der Waals surface area contributed by atoms with Gasteiger partial charge in [-0.25, -0.2) is 9.97 Å². The van der Waals surface area contributed by atoms with Gasteiger partial charge in [0.15, 0.2) is 0 Å². The number of nitrogens with two attached hydrogens (primary N) is 1. The van der Waals surface area contributed by atoms with Crippen LogP contribution in [0.5, 0.6) is 0 Å². The maximum absolute atomic E-state index is 10.1. The number of aliphatic hydroxyl groups is 1. The van der Waals surface area contributed by atoms with E-state index in [0.29, 0.717) is 36.8 Å². The van der Waals surface area contributed by atoms with Gasteiger partial charge < -0.3 is 16.2 Å². The summed E-state index contributed by atoms with van der Waals surface area (Å²) in [7, 11) is 0. The van der Waals surface area contributed by atoms with Crippen molar-refractivity contribution in [2.75, 3.05) is 17.6 Å². The Balaban J connectivity index is 2.72. The number of hydrogen-bond donors (Lipinski definition) is 3. The fourth-order valence-corrected chi connectivity index (χ4v) is 1.52. The molecule has 0 aromatic carbocycles. The molecule has 5 nitrogen and oxygen atoms in total. The van der Waals surface area contributed by atoms with Crippen LogP contribution < -0.4 is 11.1 Å². The number of anilines is 2. The van der Waals surface area contributed by atoms with E-state index in [4.69, 9.17) is 5.73 Å². The summed E-state index contributed by atoms with van der Waals surface area (Å²) < 4.78 is 0. The van der Waals surface area contributed by atoms with Crippen molar-refractivity contribution in [3.63, 3.8) is 0 Å². The molecule has 0 radical (unpaired) electrons. The predicted octanol–water partition coefficient (Wildman–Crippen LogP) is 1.58. The molecule has 0 aliphatic heterocycles. The summed E-state index contributed by atoms with van der Waals surface area (Å²) in [5.41, 5.74) is 5.00. The molecule has 0 saturated carbocycles. The maximum Gasteiger partial charge on any atom is 0.132 e. The molecule has 0 aliphatic rings. The lowest BCUT2D eigenvalue weighted by molar-refractivity contribution is 0.0456. The summed E-state index contributed by atoms with van der Waals surface area (Å²) in [6, 6.07) is 1.69. The molecule has 17 heavy (non-hydrogen) atoms. The molecule has 0 saturated heterocycles. The molecule has 1 aromatic rings. The van der Waals surface area contributed by atoms with Gasteiger partial charge in [0, 0.05) is 19.0 Å². The zero-order valence-electron chi connectivity index (χ0n) is 10.8. The molecule has 0 spiro atoms. The number of nitrogens with one attached hydrogen (secondary N) is 1. The van der Waals surface area contributed by atoms with E-state index in [1.165, 1.54) is 0 Å². The predicted molar refractivity (Wildman–Crippen MR) is 69.8 cm³/mol. The quantitative estimate of drug-likeness (QED) is 0.701. The lowest BCUT2D eigenvalue weighted by Gasteiger charge is -2.25. The van der Waals surface area contributed by atoms with E-state index in [-0.39, 0.29) is 0 Å². The fraction of sp³-hybridized carbons (Fsp3) is 0.667. The Hall–Kier alpha value is -1.36. The topological polar surface area (TPSA) is 84.1 Å². The van der Waals surface area contributed by atoms with Crippen molar-refractivity contribution < 1.29 is 5.11 Å². The molecular formula is C12H22N4O. The smallest absolute Gasteiger partial charge is 0.132 e. The molecule has 4 N–H and O–H groups in total. The van der Waals surface area contributed by atoms with Crippen molar-refractivity contribution in [3.8, 4) is 0 Å². The van der Waals surface area contributed by atoms with E-state index in [9.17, 15) is 5.11 Å². The summed E-state index contributed by atoms with van der Waals surface area (Å²) in [4.78, 5) is 8.41. The van der Waals surface area contributed by atoms with E-state index >= 15 is 0 Å². The highest BCUT2D eigenvalue weighted by Crippen LogP contribution is 2.16. The summed E-state index contributed by atoms with van der Waals surface area (Å²) in [5, 5.41) is 13.3. The number of nitrogen functional groups attached to an aromatic ring is 1. The van der Waals surface area contributed by atoms with Gasteiger partial charge in [-0.3, -0.25) is 0 Å². The third-order valence-electron chi connectivity index (χ3n) is 3.02. The van der Waals surface area contributed by atoms with Gasteiger partial charge in [0.2, 0.25) is 0 Å². The van der Waals surface area contributed by atoms with E-state index in [1.54, 1.807) is 6.07 Å². The van der Waals surface area contributed by atoms with Gasteiger partial charge in [-0.2, -0.15) is 0 Å². The molecule has 1 heterocycles. The van der Waals surface area contributed by atoms with Crippen molar-refractivity contribution in [3.05, 3.63) is 11.9 Å². The lowest BCUT2D eigenvalue weighted by atomic mass is 9.98. The van der Waals surface area contributed by atoms with Crippen molar-refractivity contribution in [2.45, 2.75) is 45.6 Å². The van der Waals surface area contributed by atoms with Crippen molar-refractivity contribution >= 4 is 11.6 Å². The number of aryl methyl sites for hydroxylation is 1. The Morgan fingerprint density at radius 2 is 1.94 bits per heavy atom. The van der Waals surface area contributed by atoms with Gasteiger partial charge in [0.25, 0.3) is 0 Å². The van der Waals surface area contributed by atoms with Gasteiger partial charge in [-0.15, -0.1) is 0 Å². The second-order valence-electron chi connectivity index (χ2n) is 4.23. The minimum Gasteiger partial charge on any atom is -0.388 e. The van der Waals surface area contributed by atoms with Gasteiger partial charge >= 0.3 is 0 Å². The Labute approximate surface area is 102 Å². The molecule has 0 unspecified atom stereocenters. The molecule has 0 amide bonds. The molecule has 0 fully saturated rings. The second-order valence-corrected chi connectivity index (χ2v) is 4.23. The molecular weight excluding hydrogens is 216 g/mol. The highest BCUT2D eigenvalue weighted by molar-refractivity contribution is 5.44. The normalized spacial score (nSPS) is 11.5. The van der Waals surface area contributed by atoms with E-state index < -0.39 is 5.60 Å².